The Morgan fingerprint density at radius 3 is 2.80 bits per heavy atom. The molecule has 4 heteroatoms. The molecule has 1 heterocycles. The van der Waals surface area contributed by atoms with Crippen molar-refractivity contribution in [2.45, 2.75) is 25.5 Å². The summed E-state index contributed by atoms with van der Waals surface area (Å²) in [7, 11) is 2.10. The van der Waals surface area contributed by atoms with E-state index in [-0.39, 0.29) is 0 Å². The van der Waals surface area contributed by atoms with Gasteiger partial charge in [-0.05, 0) is 37.1 Å². The molecular weight excluding hydrogens is 254 g/mol. The zero-order valence-corrected chi connectivity index (χ0v) is 11.8. The Morgan fingerprint density at radius 1 is 1.45 bits per heavy atom. The quantitative estimate of drug-likeness (QED) is 0.810. The molecule has 1 aromatic rings. The summed E-state index contributed by atoms with van der Waals surface area (Å²) in [4.78, 5) is 12.7. The Morgan fingerprint density at radius 2 is 2.20 bits per heavy atom. The van der Waals surface area contributed by atoms with Crippen molar-refractivity contribution in [3.63, 3.8) is 0 Å². The van der Waals surface area contributed by atoms with Gasteiger partial charge in [-0.1, -0.05) is 24.3 Å². The highest BCUT2D eigenvalue weighted by atomic mass is 16.5. The Labute approximate surface area is 119 Å². The lowest BCUT2D eigenvalue weighted by Crippen LogP contribution is -2.28. The summed E-state index contributed by atoms with van der Waals surface area (Å²) in [5.41, 5.74) is 2.12. The normalized spacial score (nSPS) is 19.0. The number of likely N-dealkylation sites (N-methyl/N-ethyl adjacent to an activating group) is 1. The molecule has 1 aliphatic rings. The summed E-state index contributed by atoms with van der Waals surface area (Å²) >= 11 is 0. The lowest BCUT2D eigenvalue weighted by atomic mass is 10.1. The number of rotatable bonds is 6. The smallest absolute Gasteiger partial charge is 0.328 e. The van der Waals surface area contributed by atoms with Crippen LogP contribution in [0.1, 0.15) is 24.0 Å². The second kappa shape index (κ2) is 7.22. The van der Waals surface area contributed by atoms with Crippen molar-refractivity contribution in [3.8, 4) is 0 Å². The fourth-order valence-corrected chi connectivity index (χ4v) is 2.41. The minimum absolute atomic E-state index is 0.373. The maximum absolute atomic E-state index is 10.4. The highest BCUT2D eigenvalue weighted by Crippen LogP contribution is 2.14. The first-order valence-corrected chi connectivity index (χ1v) is 6.93. The van der Waals surface area contributed by atoms with E-state index < -0.39 is 5.97 Å². The van der Waals surface area contributed by atoms with E-state index in [4.69, 9.17) is 9.84 Å². The molecule has 2 rings (SSSR count). The standard InChI is InChI=1S/C16H21NO3/c1-17(12-15-3-2-10-20-15)11-14-6-4-13(5-7-14)8-9-16(18)19/h4-9,15H,2-3,10-12H2,1H3,(H,18,19). The Hall–Kier alpha value is -1.65. The molecule has 1 aliphatic heterocycles. The third-order valence-corrected chi connectivity index (χ3v) is 3.39. The zero-order chi connectivity index (χ0) is 14.4. The zero-order valence-electron chi connectivity index (χ0n) is 11.8. The lowest BCUT2D eigenvalue weighted by Gasteiger charge is -2.20. The fourth-order valence-electron chi connectivity index (χ4n) is 2.41. The first kappa shape index (κ1) is 14.8. The van der Waals surface area contributed by atoms with Crippen molar-refractivity contribution in [3.05, 3.63) is 41.5 Å². The summed E-state index contributed by atoms with van der Waals surface area (Å²) in [6.07, 6.45) is 5.45. The number of carbonyl (C=O) groups is 1. The summed E-state index contributed by atoms with van der Waals surface area (Å²) in [6.45, 7) is 2.73. The molecule has 0 aliphatic carbocycles. The van der Waals surface area contributed by atoms with Gasteiger partial charge in [-0.25, -0.2) is 4.79 Å². The van der Waals surface area contributed by atoms with Crippen molar-refractivity contribution >= 4 is 12.0 Å². The van der Waals surface area contributed by atoms with Gasteiger partial charge in [0.2, 0.25) is 0 Å². The van der Waals surface area contributed by atoms with Crippen molar-refractivity contribution < 1.29 is 14.6 Å². The van der Waals surface area contributed by atoms with Crippen LogP contribution in [0.15, 0.2) is 30.3 Å². The summed E-state index contributed by atoms with van der Waals surface area (Å²) < 4.78 is 5.63. The minimum Gasteiger partial charge on any atom is -0.478 e. The van der Waals surface area contributed by atoms with Crippen molar-refractivity contribution in [1.82, 2.24) is 4.90 Å². The molecule has 0 aromatic heterocycles. The predicted molar refractivity (Wildman–Crippen MR) is 78.4 cm³/mol. The van der Waals surface area contributed by atoms with Gasteiger partial charge in [0.15, 0.2) is 0 Å². The van der Waals surface area contributed by atoms with Crippen molar-refractivity contribution in [2.75, 3.05) is 20.2 Å². The highest BCUT2D eigenvalue weighted by Gasteiger charge is 2.17. The van der Waals surface area contributed by atoms with Crippen LogP contribution in [0.25, 0.3) is 6.08 Å². The lowest BCUT2D eigenvalue weighted by molar-refractivity contribution is -0.131. The molecule has 1 atom stereocenters. The molecule has 4 nitrogen and oxygen atoms in total. The number of carboxylic acid groups (broad SMARTS) is 1. The number of carboxylic acids is 1. The second-order valence-corrected chi connectivity index (χ2v) is 5.24. The number of nitrogens with zero attached hydrogens (tertiary/aromatic N) is 1. The molecule has 0 saturated carbocycles. The van der Waals surface area contributed by atoms with Crippen LogP contribution < -0.4 is 0 Å². The molecule has 1 N–H and O–H groups in total. The van der Waals surface area contributed by atoms with E-state index in [1.54, 1.807) is 6.08 Å². The molecule has 1 unspecified atom stereocenters. The van der Waals surface area contributed by atoms with E-state index in [9.17, 15) is 4.79 Å². The van der Waals surface area contributed by atoms with E-state index in [0.29, 0.717) is 6.10 Å². The van der Waals surface area contributed by atoms with E-state index in [2.05, 4.69) is 11.9 Å². The topological polar surface area (TPSA) is 49.8 Å². The van der Waals surface area contributed by atoms with Crippen LogP contribution >= 0.6 is 0 Å². The highest BCUT2D eigenvalue weighted by molar-refractivity contribution is 5.85. The Balaban J connectivity index is 1.84. The molecule has 0 bridgehead atoms. The maximum Gasteiger partial charge on any atom is 0.328 e. The van der Waals surface area contributed by atoms with Gasteiger partial charge in [-0.2, -0.15) is 0 Å². The van der Waals surface area contributed by atoms with Crippen LogP contribution in [0.4, 0.5) is 0 Å². The molecule has 108 valence electrons. The van der Waals surface area contributed by atoms with Gasteiger partial charge in [-0.3, -0.25) is 4.90 Å². The van der Waals surface area contributed by atoms with Crippen LogP contribution in [-0.4, -0.2) is 42.3 Å². The number of benzene rings is 1. The number of ether oxygens (including phenoxy) is 1. The molecular formula is C16H21NO3. The van der Waals surface area contributed by atoms with Gasteiger partial charge < -0.3 is 9.84 Å². The first-order chi connectivity index (χ1) is 9.63. The molecule has 1 fully saturated rings. The third-order valence-electron chi connectivity index (χ3n) is 3.39. The number of aliphatic carboxylic acids is 1. The van der Waals surface area contributed by atoms with Crippen LogP contribution in [0.3, 0.4) is 0 Å². The van der Waals surface area contributed by atoms with Gasteiger partial charge in [0, 0.05) is 25.8 Å². The van der Waals surface area contributed by atoms with Crippen LogP contribution in [0, 0.1) is 0 Å². The predicted octanol–water partition coefficient (Wildman–Crippen LogP) is 2.40. The summed E-state index contributed by atoms with van der Waals surface area (Å²) in [5, 5.41) is 8.58. The second-order valence-electron chi connectivity index (χ2n) is 5.24. The van der Waals surface area contributed by atoms with E-state index >= 15 is 0 Å². The summed E-state index contributed by atoms with van der Waals surface area (Å²) in [5.74, 6) is -0.926. The molecule has 1 saturated heterocycles. The molecule has 0 spiro atoms. The first-order valence-electron chi connectivity index (χ1n) is 6.93. The monoisotopic (exact) mass is 275 g/mol. The van der Waals surface area contributed by atoms with Crippen molar-refractivity contribution in [2.24, 2.45) is 0 Å². The average Bonchev–Trinajstić information content (AvgIpc) is 2.90. The van der Waals surface area contributed by atoms with Gasteiger partial charge in [0.25, 0.3) is 0 Å². The fraction of sp³-hybridized carbons (Fsp3) is 0.438. The molecule has 20 heavy (non-hydrogen) atoms. The van der Waals surface area contributed by atoms with Gasteiger partial charge in [-0.15, -0.1) is 0 Å². The summed E-state index contributed by atoms with van der Waals surface area (Å²) in [6, 6.07) is 7.95. The largest absolute Gasteiger partial charge is 0.478 e. The van der Waals surface area contributed by atoms with Gasteiger partial charge in [0.1, 0.15) is 0 Å². The maximum atomic E-state index is 10.4. The molecule has 0 radical (unpaired) electrons. The Kier molecular flexibility index (Phi) is 5.32. The van der Waals surface area contributed by atoms with Crippen LogP contribution in [-0.2, 0) is 16.1 Å². The SMILES string of the molecule is CN(Cc1ccc(C=CC(=O)O)cc1)CC1CCCO1. The Bertz CT molecular complexity index is 461. The van der Waals surface area contributed by atoms with Gasteiger partial charge >= 0.3 is 5.97 Å². The molecule has 0 amide bonds. The number of hydrogen-bond donors (Lipinski definition) is 1. The van der Waals surface area contributed by atoms with E-state index in [1.165, 1.54) is 12.0 Å². The van der Waals surface area contributed by atoms with E-state index in [0.717, 1.165) is 37.8 Å². The minimum atomic E-state index is -0.926. The molecule has 1 aromatic carbocycles. The van der Waals surface area contributed by atoms with Gasteiger partial charge in [0.05, 0.1) is 6.10 Å². The third kappa shape index (κ3) is 4.79. The van der Waals surface area contributed by atoms with Crippen molar-refractivity contribution in [1.29, 1.82) is 0 Å². The van der Waals surface area contributed by atoms with Crippen LogP contribution in [0.5, 0.6) is 0 Å². The van der Waals surface area contributed by atoms with E-state index in [1.807, 2.05) is 24.3 Å². The average molecular weight is 275 g/mol. The number of hydrogen-bond acceptors (Lipinski definition) is 3. The van der Waals surface area contributed by atoms with Crippen LogP contribution in [0.2, 0.25) is 0 Å².